The number of amides is 2. The van der Waals surface area contributed by atoms with Crippen LogP contribution in [0, 0.1) is 12.8 Å². The lowest BCUT2D eigenvalue weighted by Gasteiger charge is -2.21. The second kappa shape index (κ2) is 5.88. The third-order valence-corrected chi connectivity index (χ3v) is 3.87. The zero-order valence-electron chi connectivity index (χ0n) is 11.8. The molecule has 0 unspecified atom stereocenters. The molecular formula is C14H14BrN5O2. The van der Waals surface area contributed by atoms with Crippen LogP contribution in [-0.4, -0.2) is 26.6 Å². The van der Waals surface area contributed by atoms with Crippen LogP contribution in [0.3, 0.4) is 0 Å². The molecule has 2 N–H and O–H groups in total. The van der Waals surface area contributed by atoms with Crippen molar-refractivity contribution in [2.45, 2.75) is 19.9 Å². The van der Waals surface area contributed by atoms with Gasteiger partial charge in [-0.15, -0.1) is 0 Å². The number of nitrogens with one attached hydrogen (secondary N) is 2. The fourth-order valence-corrected chi connectivity index (χ4v) is 2.57. The summed E-state index contributed by atoms with van der Waals surface area (Å²) in [7, 11) is 0. The number of aryl methyl sites for hydroxylation is 1. The highest BCUT2D eigenvalue weighted by atomic mass is 79.9. The molecule has 0 saturated heterocycles. The Kier molecular flexibility index (Phi) is 3.93. The molecule has 1 atom stereocenters. The molecule has 0 bridgehead atoms. The van der Waals surface area contributed by atoms with E-state index in [4.69, 9.17) is 0 Å². The molecule has 8 heteroatoms. The SMILES string of the molecule is Cc1nc2n(n1)C[C@H](CC(=O)Nc1ccc(Br)cc1)C(=O)N2. The second-order valence-electron chi connectivity index (χ2n) is 5.11. The van der Waals surface area contributed by atoms with Gasteiger partial charge in [0, 0.05) is 16.6 Å². The minimum Gasteiger partial charge on any atom is -0.326 e. The minimum absolute atomic E-state index is 0.0975. The van der Waals surface area contributed by atoms with Gasteiger partial charge >= 0.3 is 0 Å². The lowest BCUT2D eigenvalue weighted by molar-refractivity contribution is -0.125. The minimum atomic E-state index is -0.455. The largest absolute Gasteiger partial charge is 0.326 e. The number of hydrogen-bond donors (Lipinski definition) is 2. The first kappa shape index (κ1) is 14.7. The standard InChI is InChI=1S/C14H14BrN5O2/c1-8-16-14-18-13(22)9(7-20(14)19-8)6-12(21)17-11-4-2-10(15)3-5-11/h2-5,9H,6-7H2,1H3,(H,17,21)(H,16,18,19,22)/t9-/m0/s1. The summed E-state index contributed by atoms with van der Waals surface area (Å²) < 4.78 is 2.56. The van der Waals surface area contributed by atoms with Crippen LogP contribution in [0.1, 0.15) is 12.2 Å². The maximum Gasteiger partial charge on any atom is 0.232 e. The van der Waals surface area contributed by atoms with Crippen molar-refractivity contribution in [3.63, 3.8) is 0 Å². The van der Waals surface area contributed by atoms with E-state index in [0.717, 1.165) is 4.47 Å². The molecular weight excluding hydrogens is 350 g/mol. The summed E-state index contributed by atoms with van der Waals surface area (Å²) in [6, 6.07) is 7.27. The van der Waals surface area contributed by atoms with Crippen LogP contribution in [0.15, 0.2) is 28.7 Å². The van der Waals surface area contributed by atoms with Gasteiger partial charge in [0.1, 0.15) is 5.82 Å². The van der Waals surface area contributed by atoms with Crippen LogP contribution >= 0.6 is 15.9 Å². The molecule has 2 aromatic rings. The quantitative estimate of drug-likeness (QED) is 0.871. The summed E-state index contributed by atoms with van der Waals surface area (Å²) >= 11 is 3.34. The molecule has 0 spiro atoms. The molecule has 22 heavy (non-hydrogen) atoms. The van der Waals surface area contributed by atoms with Crippen molar-refractivity contribution < 1.29 is 9.59 Å². The Morgan fingerprint density at radius 1 is 1.45 bits per heavy atom. The molecule has 0 aliphatic carbocycles. The Morgan fingerprint density at radius 3 is 2.91 bits per heavy atom. The number of rotatable bonds is 3. The van der Waals surface area contributed by atoms with Gasteiger partial charge in [0.25, 0.3) is 0 Å². The van der Waals surface area contributed by atoms with Gasteiger partial charge in [-0.3, -0.25) is 14.9 Å². The number of halogens is 1. The number of anilines is 2. The van der Waals surface area contributed by atoms with Crippen LogP contribution in [0.5, 0.6) is 0 Å². The van der Waals surface area contributed by atoms with Crippen molar-refractivity contribution in [1.29, 1.82) is 0 Å². The van der Waals surface area contributed by atoms with E-state index in [9.17, 15) is 9.59 Å². The van der Waals surface area contributed by atoms with Crippen molar-refractivity contribution in [2.75, 3.05) is 10.6 Å². The summed E-state index contributed by atoms with van der Waals surface area (Å²) in [6.07, 6.45) is 0.0975. The van der Waals surface area contributed by atoms with Crippen molar-refractivity contribution in [2.24, 2.45) is 5.92 Å². The number of carbonyl (C=O) groups is 2. The molecule has 1 aliphatic rings. The van der Waals surface area contributed by atoms with Crippen LogP contribution in [0.2, 0.25) is 0 Å². The summed E-state index contributed by atoms with van der Waals surface area (Å²) in [5.74, 6) is 0.167. The lowest BCUT2D eigenvalue weighted by Crippen LogP contribution is -2.36. The van der Waals surface area contributed by atoms with Gasteiger partial charge in [-0.05, 0) is 31.2 Å². The van der Waals surface area contributed by atoms with Crippen molar-refractivity contribution in [3.05, 3.63) is 34.6 Å². The predicted octanol–water partition coefficient (Wildman–Crippen LogP) is 1.95. The fraction of sp³-hybridized carbons (Fsp3) is 0.286. The summed E-state index contributed by atoms with van der Waals surface area (Å²) in [5.41, 5.74) is 0.696. The van der Waals surface area contributed by atoms with Crippen LogP contribution in [-0.2, 0) is 16.1 Å². The van der Waals surface area contributed by atoms with Crippen molar-refractivity contribution >= 4 is 39.4 Å². The Morgan fingerprint density at radius 2 is 2.18 bits per heavy atom. The highest BCUT2D eigenvalue weighted by Gasteiger charge is 2.29. The smallest absolute Gasteiger partial charge is 0.232 e. The molecule has 1 aromatic heterocycles. The zero-order valence-corrected chi connectivity index (χ0v) is 13.4. The van der Waals surface area contributed by atoms with Gasteiger partial charge in [-0.2, -0.15) is 10.1 Å². The molecule has 0 saturated carbocycles. The Bertz CT molecular complexity index is 725. The van der Waals surface area contributed by atoms with Gasteiger partial charge in [0.05, 0.1) is 12.5 Å². The Hall–Kier alpha value is -2.22. The molecule has 2 amide bonds. The average Bonchev–Trinajstić information content (AvgIpc) is 2.81. The number of carbonyl (C=O) groups excluding carboxylic acids is 2. The summed E-state index contributed by atoms with van der Waals surface area (Å²) in [5, 5.41) is 9.64. The number of hydrogen-bond acceptors (Lipinski definition) is 4. The topological polar surface area (TPSA) is 88.9 Å². The van der Waals surface area contributed by atoms with Gasteiger partial charge in [-0.25, -0.2) is 4.68 Å². The maximum atomic E-state index is 12.1. The first-order chi connectivity index (χ1) is 10.5. The van der Waals surface area contributed by atoms with E-state index in [2.05, 4.69) is 36.6 Å². The van der Waals surface area contributed by atoms with E-state index in [0.29, 0.717) is 24.0 Å². The molecule has 1 aromatic carbocycles. The van der Waals surface area contributed by atoms with E-state index < -0.39 is 5.92 Å². The number of nitrogens with zero attached hydrogens (tertiary/aromatic N) is 3. The van der Waals surface area contributed by atoms with Crippen molar-refractivity contribution in [1.82, 2.24) is 14.8 Å². The summed E-state index contributed by atoms with van der Waals surface area (Å²) in [6.45, 7) is 2.11. The third-order valence-electron chi connectivity index (χ3n) is 3.34. The first-order valence-electron chi connectivity index (χ1n) is 6.79. The highest BCUT2D eigenvalue weighted by Crippen LogP contribution is 2.20. The van der Waals surface area contributed by atoms with Gasteiger partial charge in [0.2, 0.25) is 17.8 Å². The zero-order chi connectivity index (χ0) is 15.7. The third kappa shape index (κ3) is 3.16. The number of fused-ring (bicyclic) bond motifs is 1. The molecule has 7 nitrogen and oxygen atoms in total. The first-order valence-corrected chi connectivity index (χ1v) is 7.58. The molecule has 0 fully saturated rings. The van der Waals surface area contributed by atoms with Crippen molar-refractivity contribution in [3.8, 4) is 0 Å². The number of aromatic nitrogens is 3. The predicted molar refractivity (Wildman–Crippen MR) is 84.3 cm³/mol. The normalized spacial score (nSPS) is 16.8. The van der Waals surface area contributed by atoms with Gasteiger partial charge in [-0.1, -0.05) is 15.9 Å². The van der Waals surface area contributed by atoms with Crippen LogP contribution in [0.25, 0.3) is 0 Å². The molecule has 114 valence electrons. The average molecular weight is 364 g/mol. The van der Waals surface area contributed by atoms with E-state index in [1.54, 1.807) is 23.7 Å². The molecule has 2 heterocycles. The van der Waals surface area contributed by atoms with Gasteiger partial charge in [0.15, 0.2) is 0 Å². The Labute approximate surface area is 135 Å². The molecule has 0 radical (unpaired) electrons. The maximum absolute atomic E-state index is 12.1. The fourth-order valence-electron chi connectivity index (χ4n) is 2.31. The van der Waals surface area contributed by atoms with E-state index in [1.165, 1.54) is 0 Å². The highest BCUT2D eigenvalue weighted by molar-refractivity contribution is 9.10. The molecule has 1 aliphatic heterocycles. The monoisotopic (exact) mass is 363 g/mol. The van der Waals surface area contributed by atoms with Crippen LogP contribution < -0.4 is 10.6 Å². The number of benzene rings is 1. The van der Waals surface area contributed by atoms with E-state index in [1.807, 2.05) is 12.1 Å². The van der Waals surface area contributed by atoms with Crippen LogP contribution in [0.4, 0.5) is 11.6 Å². The van der Waals surface area contributed by atoms with E-state index in [-0.39, 0.29) is 18.2 Å². The second-order valence-corrected chi connectivity index (χ2v) is 6.03. The van der Waals surface area contributed by atoms with Gasteiger partial charge < -0.3 is 5.32 Å². The lowest BCUT2D eigenvalue weighted by atomic mass is 10.0. The molecule has 3 rings (SSSR count). The Balaban J connectivity index is 1.64. The summed E-state index contributed by atoms with van der Waals surface area (Å²) in [4.78, 5) is 28.2. The van der Waals surface area contributed by atoms with E-state index >= 15 is 0 Å².